The smallest absolute Gasteiger partial charge is 0.238 e. The maximum absolute atomic E-state index is 5.48. The third-order valence-corrected chi connectivity index (χ3v) is 14.9. The quantitative estimate of drug-likeness (QED) is 0.167. The molecule has 0 N–H and O–H groups in total. The first-order chi connectivity index (χ1) is 33.2. The van der Waals surface area contributed by atoms with Gasteiger partial charge in [-0.2, -0.15) is 9.97 Å². The Kier molecular flexibility index (Phi) is 8.97. The molecular weight excluding hydrogens is 827 g/mol. The van der Waals surface area contributed by atoms with E-state index < -0.39 is 0 Å². The number of rotatable bonds is 6. The van der Waals surface area contributed by atoms with Crippen molar-refractivity contribution in [3.05, 3.63) is 211 Å². The van der Waals surface area contributed by atoms with Crippen LogP contribution in [0.2, 0.25) is 0 Å². The number of hydrogen-bond acceptors (Lipinski definition) is 3. The van der Waals surface area contributed by atoms with E-state index in [0.717, 1.165) is 61.3 Å². The summed E-state index contributed by atoms with van der Waals surface area (Å²) in [5.74, 6) is 1.81. The van der Waals surface area contributed by atoms with Gasteiger partial charge in [-0.25, -0.2) is 4.98 Å². The summed E-state index contributed by atoms with van der Waals surface area (Å²) in [7, 11) is 0. The van der Waals surface area contributed by atoms with Crippen LogP contribution < -0.4 is 0 Å². The van der Waals surface area contributed by atoms with Crippen molar-refractivity contribution in [2.45, 2.75) is 51.4 Å². The van der Waals surface area contributed by atoms with Crippen molar-refractivity contribution in [2.24, 2.45) is 0 Å². The van der Waals surface area contributed by atoms with Crippen LogP contribution >= 0.6 is 0 Å². The van der Waals surface area contributed by atoms with Crippen molar-refractivity contribution < 1.29 is 0 Å². The summed E-state index contributed by atoms with van der Waals surface area (Å²) in [6.07, 6.45) is 2.31. The number of benzene rings is 9. The lowest BCUT2D eigenvalue weighted by molar-refractivity contribution is 0.333. The van der Waals surface area contributed by atoms with E-state index in [9.17, 15) is 0 Å². The van der Waals surface area contributed by atoms with Gasteiger partial charge in [-0.15, -0.1) is 0 Å². The predicted molar refractivity (Wildman–Crippen MR) is 283 cm³/mol. The van der Waals surface area contributed by atoms with Crippen LogP contribution in [0.4, 0.5) is 0 Å². The number of aromatic nitrogens is 5. The molecule has 0 saturated carbocycles. The van der Waals surface area contributed by atoms with Crippen molar-refractivity contribution in [1.82, 2.24) is 24.1 Å². The highest BCUT2D eigenvalue weighted by Gasteiger charge is 2.39. The summed E-state index contributed by atoms with van der Waals surface area (Å²) in [4.78, 5) is 16.1. The minimum atomic E-state index is 0.0285. The molecule has 326 valence electrons. The Balaban J connectivity index is 1.09. The molecule has 0 unspecified atom stereocenters. The molecule has 0 bridgehead atoms. The minimum absolute atomic E-state index is 0.0285. The SMILES string of the molecule is CC1(C)CCC(C)(C)c2c(-c3ccccc3-n3c4ccccc4c4cc5c6ccccc6n(-c6nc(-c7ccccc7)nc(-c7ccc(-c8ccccc8)c8ccccc78)n6)c5cc43)cccc21. The van der Waals surface area contributed by atoms with Crippen molar-refractivity contribution in [1.29, 1.82) is 0 Å². The molecule has 1 aliphatic carbocycles. The molecule has 3 aromatic heterocycles. The first kappa shape index (κ1) is 40.2. The largest absolute Gasteiger partial charge is 0.309 e. The van der Waals surface area contributed by atoms with Gasteiger partial charge in [-0.1, -0.05) is 191 Å². The fourth-order valence-electron chi connectivity index (χ4n) is 11.4. The highest BCUT2D eigenvalue weighted by molar-refractivity contribution is 6.19. The molecule has 0 aliphatic heterocycles. The van der Waals surface area contributed by atoms with Crippen LogP contribution in [0.5, 0.6) is 0 Å². The summed E-state index contributed by atoms with van der Waals surface area (Å²) in [5.41, 5.74) is 15.3. The Bertz CT molecular complexity index is 3970. The van der Waals surface area contributed by atoms with Crippen molar-refractivity contribution in [2.75, 3.05) is 0 Å². The van der Waals surface area contributed by atoms with E-state index in [4.69, 9.17) is 15.0 Å². The molecule has 3 heterocycles. The molecule has 0 radical (unpaired) electrons. The zero-order valence-electron chi connectivity index (χ0n) is 38.7. The molecule has 5 nitrogen and oxygen atoms in total. The van der Waals surface area contributed by atoms with Crippen LogP contribution in [-0.4, -0.2) is 24.1 Å². The van der Waals surface area contributed by atoms with Crippen molar-refractivity contribution >= 4 is 54.4 Å². The van der Waals surface area contributed by atoms with Gasteiger partial charge in [-0.05, 0) is 98.7 Å². The van der Waals surface area contributed by atoms with Crippen LogP contribution in [0.1, 0.15) is 51.7 Å². The van der Waals surface area contributed by atoms with Gasteiger partial charge in [0.1, 0.15) is 0 Å². The minimum Gasteiger partial charge on any atom is -0.309 e. The Morgan fingerprint density at radius 2 is 0.882 bits per heavy atom. The summed E-state index contributed by atoms with van der Waals surface area (Å²) >= 11 is 0. The van der Waals surface area contributed by atoms with E-state index in [1.807, 2.05) is 18.2 Å². The zero-order valence-corrected chi connectivity index (χ0v) is 38.7. The van der Waals surface area contributed by atoms with Gasteiger partial charge in [0.15, 0.2) is 11.6 Å². The Morgan fingerprint density at radius 3 is 1.60 bits per heavy atom. The van der Waals surface area contributed by atoms with E-state index in [1.165, 1.54) is 56.1 Å². The lowest BCUT2D eigenvalue weighted by Gasteiger charge is -2.43. The summed E-state index contributed by atoms with van der Waals surface area (Å²) in [5, 5.41) is 6.94. The molecule has 0 atom stereocenters. The standard InChI is InChI=1S/C63H49N5/c1-62(2)36-37-63(3,4)58-48(29-19-30-52(58)62)45-26-13-16-31-53(45)67-54-32-17-14-27-46(54)50-38-51-47-28-15-18-33-55(47)68(57(51)39-56(50)67)61-65-59(41-22-9-6-10-23-41)64-60(66-61)49-35-34-42(40-20-7-5-8-21-40)43-24-11-12-25-44(43)49/h5-35,38-39H,36-37H2,1-4H3. The number of hydrogen-bond donors (Lipinski definition) is 0. The fraction of sp³-hybridized carbons (Fsp3) is 0.127. The van der Waals surface area contributed by atoms with E-state index in [1.54, 1.807) is 0 Å². The van der Waals surface area contributed by atoms with Gasteiger partial charge in [-0.3, -0.25) is 4.57 Å². The topological polar surface area (TPSA) is 48.5 Å². The molecule has 9 aromatic carbocycles. The molecule has 0 amide bonds. The zero-order chi connectivity index (χ0) is 45.7. The molecule has 12 aromatic rings. The van der Waals surface area contributed by atoms with Gasteiger partial charge in [0.2, 0.25) is 5.95 Å². The van der Waals surface area contributed by atoms with Crippen LogP contribution in [0.3, 0.4) is 0 Å². The predicted octanol–water partition coefficient (Wildman–Crippen LogP) is 16.2. The molecule has 68 heavy (non-hydrogen) atoms. The van der Waals surface area contributed by atoms with Crippen LogP contribution in [0, 0.1) is 0 Å². The average molecular weight is 876 g/mol. The summed E-state index contributed by atoms with van der Waals surface area (Å²) < 4.78 is 4.75. The number of para-hydroxylation sites is 3. The molecular formula is C63H49N5. The van der Waals surface area contributed by atoms with E-state index in [-0.39, 0.29) is 10.8 Å². The van der Waals surface area contributed by atoms with E-state index in [2.05, 4.69) is 219 Å². The van der Waals surface area contributed by atoms with Gasteiger partial charge < -0.3 is 4.57 Å². The molecule has 0 fully saturated rings. The van der Waals surface area contributed by atoms with Crippen LogP contribution in [0.15, 0.2) is 200 Å². The second kappa shape index (κ2) is 15.2. The maximum Gasteiger partial charge on any atom is 0.238 e. The summed E-state index contributed by atoms with van der Waals surface area (Å²) in [6, 6.07) is 72.2. The third kappa shape index (κ3) is 6.19. The second-order valence-electron chi connectivity index (χ2n) is 19.8. The fourth-order valence-corrected chi connectivity index (χ4v) is 11.4. The van der Waals surface area contributed by atoms with Gasteiger partial charge >= 0.3 is 0 Å². The first-order valence-corrected chi connectivity index (χ1v) is 23.8. The van der Waals surface area contributed by atoms with Crippen LogP contribution in [-0.2, 0) is 10.8 Å². The molecule has 1 aliphatic rings. The monoisotopic (exact) mass is 875 g/mol. The average Bonchev–Trinajstić information content (AvgIpc) is 3.88. The van der Waals surface area contributed by atoms with Gasteiger partial charge in [0, 0.05) is 38.2 Å². The Morgan fingerprint density at radius 1 is 0.353 bits per heavy atom. The van der Waals surface area contributed by atoms with E-state index >= 15 is 0 Å². The van der Waals surface area contributed by atoms with Gasteiger partial charge in [0.05, 0.1) is 27.8 Å². The van der Waals surface area contributed by atoms with Crippen LogP contribution in [0.25, 0.3) is 111 Å². The third-order valence-electron chi connectivity index (χ3n) is 14.9. The molecule has 13 rings (SSSR count). The number of fused-ring (bicyclic) bond motifs is 8. The Labute approximate surface area is 396 Å². The highest BCUT2D eigenvalue weighted by atomic mass is 15.2. The first-order valence-electron chi connectivity index (χ1n) is 23.8. The molecule has 0 saturated heterocycles. The maximum atomic E-state index is 5.48. The normalized spacial score (nSPS) is 14.3. The van der Waals surface area contributed by atoms with Crippen molar-refractivity contribution in [3.63, 3.8) is 0 Å². The van der Waals surface area contributed by atoms with E-state index in [0.29, 0.717) is 17.6 Å². The highest BCUT2D eigenvalue weighted by Crippen LogP contribution is 2.51. The lowest BCUT2D eigenvalue weighted by atomic mass is 9.61. The second-order valence-corrected chi connectivity index (χ2v) is 19.8. The van der Waals surface area contributed by atoms with Gasteiger partial charge in [0.25, 0.3) is 0 Å². The molecule has 0 spiro atoms. The number of nitrogens with zero attached hydrogens (tertiary/aromatic N) is 5. The molecule has 5 heteroatoms. The summed E-state index contributed by atoms with van der Waals surface area (Å²) in [6.45, 7) is 9.69. The van der Waals surface area contributed by atoms with Crippen molar-refractivity contribution in [3.8, 4) is 56.7 Å². The Hall–Kier alpha value is -8.15. The lowest BCUT2D eigenvalue weighted by Crippen LogP contribution is -2.34.